The van der Waals surface area contributed by atoms with Gasteiger partial charge in [-0.05, 0) is 19.1 Å². The first-order chi connectivity index (χ1) is 11.0. The summed E-state index contributed by atoms with van der Waals surface area (Å²) in [6, 6.07) is 8.02. The van der Waals surface area contributed by atoms with Crippen LogP contribution < -0.4 is 5.56 Å². The maximum atomic E-state index is 12.3. The zero-order valence-electron chi connectivity index (χ0n) is 12.1. The fourth-order valence-corrected chi connectivity index (χ4v) is 2.64. The van der Waals surface area contributed by atoms with Crippen LogP contribution in [0.2, 0.25) is 0 Å². The number of carbonyl (C=O) groups is 2. The molecular formula is C15H11N5O3. The summed E-state index contributed by atoms with van der Waals surface area (Å²) in [4.78, 5) is 45.9. The minimum Gasteiger partial charge on any atom is -0.273 e. The number of hydrogen-bond donors (Lipinski definition) is 1. The van der Waals surface area contributed by atoms with Gasteiger partial charge in [-0.25, -0.2) is 4.98 Å². The smallest absolute Gasteiger partial charge is 0.273 e. The third-order valence-electron chi connectivity index (χ3n) is 3.69. The number of nitrogens with one attached hydrogen (secondary N) is 1. The van der Waals surface area contributed by atoms with E-state index in [1.165, 1.54) is 10.6 Å². The second-order valence-electron chi connectivity index (χ2n) is 5.28. The molecule has 3 aromatic rings. The van der Waals surface area contributed by atoms with Crippen molar-refractivity contribution in [1.82, 2.24) is 24.5 Å². The minimum atomic E-state index is -0.373. The van der Waals surface area contributed by atoms with Gasteiger partial charge in [-0.15, -0.1) is 0 Å². The Morgan fingerprint density at radius 1 is 1.04 bits per heavy atom. The number of fused-ring (bicyclic) bond motifs is 2. The minimum absolute atomic E-state index is 0.0474. The summed E-state index contributed by atoms with van der Waals surface area (Å²) in [6.45, 7) is 1.65. The van der Waals surface area contributed by atoms with Gasteiger partial charge in [-0.3, -0.25) is 24.4 Å². The third-order valence-corrected chi connectivity index (χ3v) is 3.69. The van der Waals surface area contributed by atoms with Crippen LogP contribution in [0.4, 0.5) is 0 Å². The quantitative estimate of drug-likeness (QED) is 0.696. The van der Waals surface area contributed by atoms with Gasteiger partial charge in [0.2, 0.25) is 0 Å². The zero-order chi connectivity index (χ0) is 16.1. The fourth-order valence-electron chi connectivity index (χ4n) is 2.64. The second-order valence-corrected chi connectivity index (χ2v) is 5.28. The Morgan fingerprint density at radius 2 is 1.70 bits per heavy atom. The highest BCUT2D eigenvalue weighted by atomic mass is 16.2. The lowest BCUT2D eigenvalue weighted by atomic mass is 10.1. The Bertz CT molecular complexity index is 998. The highest BCUT2D eigenvalue weighted by Gasteiger charge is 2.35. The SMILES string of the molecule is Cc1cc(=O)n2[nH]c(CN3C(=O)c4ccccc4C3=O)nc2n1. The van der Waals surface area contributed by atoms with E-state index >= 15 is 0 Å². The van der Waals surface area contributed by atoms with Gasteiger partial charge < -0.3 is 0 Å². The first-order valence-electron chi connectivity index (χ1n) is 6.95. The summed E-state index contributed by atoms with van der Waals surface area (Å²) < 4.78 is 1.18. The second kappa shape index (κ2) is 4.60. The Kier molecular flexibility index (Phi) is 2.68. The van der Waals surface area contributed by atoms with Crippen molar-refractivity contribution in [2.45, 2.75) is 13.5 Å². The Hall–Kier alpha value is -3.29. The monoisotopic (exact) mass is 309 g/mol. The van der Waals surface area contributed by atoms with E-state index in [1.807, 2.05) is 0 Å². The maximum absolute atomic E-state index is 12.3. The molecule has 1 aliphatic rings. The number of rotatable bonds is 2. The summed E-state index contributed by atoms with van der Waals surface area (Å²) in [6.07, 6.45) is 0. The number of imide groups is 1. The van der Waals surface area contributed by atoms with E-state index in [0.29, 0.717) is 22.6 Å². The molecule has 0 bridgehead atoms. The molecule has 8 nitrogen and oxygen atoms in total. The molecule has 2 aromatic heterocycles. The number of hydrogen-bond acceptors (Lipinski definition) is 5. The largest absolute Gasteiger partial charge is 0.274 e. The Labute approximate surface area is 129 Å². The van der Waals surface area contributed by atoms with Crippen LogP contribution in [0.5, 0.6) is 0 Å². The molecule has 0 saturated carbocycles. The number of aromatic amines is 1. The zero-order valence-corrected chi connectivity index (χ0v) is 12.1. The summed E-state index contributed by atoms with van der Waals surface area (Å²) in [7, 11) is 0. The van der Waals surface area contributed by atoms with Gasteiger partial charge in [-0.2, -0.15) is 9.50 Å². The molecule has 3 heterocycles. The van der Waals surface area contributed by atoms with Crippen molar-refractivity contribution in [2.24, 2.45) is 0 Å². The highest BCUT2D eigenvalue weighted by molar-refractivity contribution is 6.21. The average Bonchev–Trinajstić information content (AvgIpc) is 3.03. The van der Waals surface area contributed by atoms with Gasteiger partial charge >= 0.3 is 0 Å². The van der Waals surface area contributed by atoms with Gasteiger partial charge in [0.25, 0.3) is 23.2 Å². The molecule has 4 rings (SSSR count). The fraction of sp³-hybridized carbons (Fsp3) is 0.133. The molecule has 0 unspecified atom stereocenters. The number of aromatic nitrogens is 4. The van der Waals surface area contributed by atoms with Gasteiger partial charge in [0.15, 0.2) is 0 Å². The predicted octanol–water partition coefficient (Wildman–Crippen LogP) is 0.522. The molecule has 0 aliphatic carbocycles. The molecule has 0 radical (unpaired) electrons. The van der Waals surface area contributed by atoms with E-state index in [9.17, 15) is 14.4 Å². The lowest BCUT2D eigenvalue weighted by Crippen LogP contribution is -2.29. The number of amides is 2. The molecule has 23 heavy (non-hydrogen) atoms. The number of carbonyl (C=O) groups excluding carboxylic acids is 2. The Morgan fingerprint density at radius 3 is 2.35 bits per heavy atom. The molecule has 1 aliphatic heterocycles. The molecule has 2 amide bonds. The van der Waals surface area contributed by atoms with Crippen molar-refractivity contribution in [3.8, 4) is 0 Å². The van der Waals surface area contributed by atoms with E-state index in [0.717, 1.165) is 4.90 Å². The van der Waals surface area contributed by atoms with Crippen molar-refractivity contribution < 1.29 is 9.59 Å². The molecule has 1 aromatic carbocycles. The van der Waals surface area contributed by atoms with E-state index < -0.39 is 0 Å². The number of H-pyrrole nitrogens is 1. The molecule has 0 fully saturated rings. The van der Waals surface area contributed by atoms with E-state index in [2.05, 4.69) is 15.1 Å². The van der Waals surface area contributed by atoms with Crippen LogP contribution in [0.3, 0.4) is 0 Å². The van der Waals surface area contributed by atoms with Gasteiger partial charge in [0.1, 0.15) is 5.82 Å². The molecule has 0 spiro atoms. The van der Waals surface area contributed by atoms with E-state index in [4.69, 9.17) is 0 Å². The molecule has 1 N–H and O–H groups in total. The highest BCUT2D eigenvalue weighted by Crippen LogP contribution is 2.23. The van der Waals surface area contributed by atoms with Crippen LogP contribution in [-0.4, -0.2) is 36.3 Å². The average molecular weight is 309 g/mol. The van der Waals surface area contributed by atoms with Crippen molar-refractivity contribution in [3.05, 3.63) is 63.3 Å². The molecule has 114 valence electrons. The summed E-state index contributed by atoms with van der Waals surface area (Å²) >= 11 is 0. The van der Waals surface area contributed by atoms with E-state index in [-0.39, 0.29) is 29.7 Å². The van der Waals surface area contributed by atoms with Crippen molar-refractivity contribution >= 4 is 17.6 Å². The van der Waals surface area contributed by atoms with Gasteiger partial charge in [-0.1, -0.05) is 12.1 Å². The Balaban J connectivity index is 1.72. The van der Waals surface area contributed by atoms with Crippen LogP contribution in [0, 0.1) is 6.92 Å². The third kappa shape index (κ3) is 1.95. The number of benzene rings is 1. The lowest BCUT2D eigenvalue weighted by molar-refractivity contribution is 0.0638. The van der Waals surface area contributed by atoms with Crippen LogP contribution >= 0.6 is 0 Å². The van der Waals surface area contributed by atoms with Crippen LogP contribution in [0.15, 0.2) is 35.1 Å². The number of nitrogens with zero attached hydrogens (tertiary/aromatic N) is 4. The molecule has 0 saturated heterocycles. The molecular weight excluding hydrogens is 298 g/mol. The van der Waals surface area contributed by atoms with E-state index in [1.54, 1.807) is 31.2 Å². The van der Waals surface area contributed by atoms with Crippen LogP contribution in [-0.2, 0) is 6.54 Å². The summed E-state index contributed by atoms with van der Waals surface area (Å²) in [5, 5.41) is 2.77. The van der Waals surface area contributed by atoms with Crippen molar-refractivity contribution in [3.63, 3.8) is 0 Å². The van der Waals surface area contributed by atoms with Gasteiger partial charge in [0, 0.05) is 11.8 Å². The van der Waals surface area contributed by atoms with Gasteiger partial charge in [0.05, 0.1) is 17.7 Å². The topological polar surface area (TPSA) is 100 Å². The normalized spacial score (nSPS) is 13.9. The predicted molar refractivity (Wildman–Crippen MR) is 79.0 cm³/mol. The first-order valence-corrected chi connectivity index (χ1v) is 6.95. The van der Waals surface area contributed by atoms with Crippen molar-refractivity contribution in [1.29, 1.82) is 0 Å². The molecule has 0 atom stereocenters. The van der Waals surface area contributed by atoms with Crippen LogP contribution in [0.25, 0.3) is 5.78 Å². The van der Waals surface area contributed by atoms with Crippen LogP contribution in [0.1, 0.15) is 32.2 Å². The number of aryl methyl sites for hydroxylation is 1. The standard InChI is InChI=1S/C15H11N5O3/c1-8-6-12(21)20-15(16-8)17-11(18-20)7-19-13(22)9-4-2-3-5-10(9)14(19)23/h2-6H,7H2,1H3,(H,16,17,18). The molecule has 8 heteroatoms. The summed E-state index contributed by atoms with van der Waals surface area (Å²) in [5.74, 6) is -0.221. The first kappa shape index (κ1) is 13.4. The van der Waals surface area contributed by atoms with Crippen molar-refractivity contribution in [2.75, 3.05) is 0 Å². The maximum Gasteiger partial charge on any atom is 0.274 e. The lowest BCUT2D eigenvalue weighted by Gasteiger charge is -2.10. The summed E-state index contributed by atoms with van der Waals surface area (Å²) in [5.41, 5.74) is 1.00.